The van der Waals surface area contributed by atoms with Gasteiger partial charge in [0, 0.05) is 0 Å². The van der Waals surface area contributed by atoms with E-state index in [2.05, 4.69) is 25.4 Å². The zero-order valence-corrected chi connectivity index (χ0v) is 11.4. The van der Waals surface area contributed by atoms with Crippen LogP contribution in [0.1, 0.15) is 39.5 Å². The van der Waals surface area contributed by atoms with Gasteiger partial charge in [0.1, 0.15) is 0 Å². The molecule has 1 rings (SSSR count). The summed E-state index contributed by atoms with van der Waals surface area (Å²) in [7, 11) is 0. The van der Waals surface area contributed by atoms with Gasteiger partial charge < -0.3 is 5.32 Å². The van der Waals surface area contributed by atoms with E-state index in [1.807, 2.05) is 11.8 Å². The van der Waals surface area contributed by atoms with Crippen molar-refractivity contribution < 1.29 is 0 Å². The minimum atomic E-state index is 0.820. The van der Waals surface area contributed by atoms with Crippen molar-refractivity contribution in [2.75, 3.05) is 25.1 Å². The van der Waals surface area contributed by atoms with Gasteiger partial charge in [0.25, 0.3) is 0 Å². The topological polar surface area (TPSA) is 12.0 Å². The molecule has 15 heavy (non-hydrogen) atoms. The molecule has 0 amide bonds. The molecule has 0 aromatic carbocycles. The van der Waals surface area contributed by atoms with Crippen molar-refractivity contribution in [1.82, 2.24) is 5.32 Å². The Hall–Kier alpha value is 0.310. The normalized spacial score (nSPS) is 29.0. The van der Waals surface area contributed by atoms with Crippen LogP contribution in [0.3, 0.4) is 0 Å². The van der Waals surface area contributed by atoms with Crippen molar-refractivity contribution in [1.29, 1.82) is 0 Å². The Kier molecular flexibility index (Phi) is 6.74. The summed E-state index contributed by atoms with van der Waals surface area (Å²) in [6.07, 6.45) is 8.00. The molecule has 1 fully saturated rings. The van der Waals surface area contributed by atoms with Gasteiger partial charge in [0.05, 0.1) is 0 Å². The predicted octanol–water partition coefficient (Wildman–Crippen LogP) is 3.40. The van der Waals surface area contributed by atoms with Crippen molar-refractivity contribution in [3.63, 3.8) is 0 Å². The SMILES string of the molecule is CSCC(C)CNCC1CCCC(C)C1. The fourth-order valence-electron chi connectivity index (χ4n) is 2.62. The molecule has 3 unspecified atom stereocenters. The maximum Gasteiger partial charge on any atom is -0.00152 e. The second-order valence-corrected chi connectivity index (χ2v) is 6.27. The lowest BCUT2D eigenvalue weighted by Crippen LogP contribution is -2.30. The number of hydrogen-bond donors (Lipinski definition) is 1. The first-order chi connectivity index (χ1) is 7.22. The first-order valence-electron chi connectivity index (χ1n) is 6.42. The number of hydrogen-bond acceptors (Lipinski definition) is 2. The van der Waals surface area contributed by atoms with E-state index in [0.29, 0.717) is 0 Å². The Morgan fingerprint density at radius 1 is 1.40 bits per heavy atom. The van der Waals surface area contributed by atoms with Crippen LogP contribution in [-0.4, -0.2) is 25.1 Å². The second-order valence-electron chi connectivity index (χ2n) is 5.36. The molecule has 1 aliphatic carbocycles. The van der Waals surface area contributed by atoms with E-state index < -0.39 is 0 Å². The molecular formula is C13H27NS. The van der Waals surface area contributed by atoms with E-state index in [1.54, 1.807) is 0 Å². The molecule has 1 N–H and O–H groups in total. The van der Waals surface area contributed by atoms with E-state index in [0.717, 1.165) is 17.8 Å². The van der Waals surface area contributed by atoms with Crippen LogP contribution in [0.4, 0.5) is 0 Å². The summed E-state index contributed by atoms with van der Waals surface area (Å²) in [6, 6.07) is 0. The van der Waals surface area contributed by atoms with Crippen molar-refractivity contribution in [3.8, 4) is 0 Å². The van der Waals surface area contributed by atoms with Crippen LogP contribution in [0.5, 0.6) is 0 Å². The molecule has 0 aromatic rings. The Balaban J connectivity index is 2.03. The van der Waals surface area contributed by atoms with Gasteiger partial charge >= 0.3 is 0 Å². The van der Waals surface area contributed by atoms with Crippen LogP contribution >= 0.6 is 11.8 Å². The molecule has 0 aliphatic heterocycles. The van der Waals surface area contributed by atoms with Gasteiger partial charge in [-0.2, -0.15) is 11.8 Å². The highest BCUT2D eigenvalue weighted by molar-refractivity contribution is 7.98. The Morgan fingerprint density at radius 3 is 2.87 bits per heavy atom. The molecule has 2 heteroatoms. The summed E-state index contributed by atoms with van der Waals surface area (Å²) in [5.74, 6) is 4.03. The molecule has 0 radical (unpaired) electrons. The summed E-state index contributed by atoms with van der Waals surface area (Å²) < 4.78 is 0. The molecule has 0 spiro atoms. The maximum absolute atomic E-state index is 3.65. The third kappa shape index (κ3) is 5.82. The quantitative estimate of drug-likeness (QED) is 0.749. The number of rotatable bonds is 6. The zero-order valence-electron chi connectivity index (χ0n) is 10.6. The summed E-state index contributed by atoms with van der Waals surface area (Å²) in [6.45, 7) is 7.20. The molecule has 0 bridgehead atoms. The van der Waals surface area contributed by atoms with Gasteiger partial charge in [-0.25, -0.2) is 0 Å². The third-order valence-electron chi connectivity index (χ3n) is 3.42. The van der Waals surface area contributed by atoms with E-state index in [9.17, 15) is 0 Å². The molecule has 1 aliphatic rings. The summed E-state index contributed by atoms with van der Waals surface area (Å²) in [5.41, 5.74) is 0. The van der Waals surface area contributed by atoms with Crippen LogP contribution in [0.25, 0.3) is 0 Å². The third-order valence-corrected chi connectivity index (χ3v) is 4.32. The van der Waals surface area contributed by atoms with Crippen LogP contribution in [0.2, 0.25) is 0 Å². The summed E-state index contributed by atoms with van der Waals surface area (Å²) >= 11 is 1.96. The monoisotopic (exact) mass is 229 g/mol. The van der Waals surface area contributed by atoms with Gasteiger partial charge in [0.15, 0.2) is 0 Å². The lowest BCUT2D eigenvalue weighted by atomic mass is 9.82. The molecule has 1 saturated carbocycles. The Morgan fingerprint density at radius 2 is 2.20 bits per heavy atom. The fourth-order valence-corrected chi connectivity index (χ4v) is 3.31. The molecule has 1 nitrogen and oxygen atoms in total. The molecular weight excluding hydrogens is 202 g/mol. The van der Waals surface area contributed by atoms with Gasteiger partial charge in [-0.1, -0.05) is 26.7 Å². The number of nitrogens with one attached hydrogen (secondary N) is 1. The Labute approximate surface area is 99.8 Å². The maximum atomic E-state index is 3.65. The van der Waals surface area contributed by atoms with E-state index >= 15 is 0 Å². The average molecular weight is 229 g/mol. The van der Waals surface area contributed by atoms with Gasteiger partial charge in [-0.05, 0) is 55.7 Å². The van der Waals surface area contributed by atoms with Crippen molar-refractivity contribution in [3.05, 3.63) is 0 Å². The van der Waals surface area contributed by atoms with Crippen LogP contribution in [0.15, 0.2) is 0 Å². The smallest absolute Gasteiger partial charge is 0.00152 e. The van der Waals surface area contributed by atoms with E-state index in [-0.39, 0.29) is 0 Å². The van der Waals surface area contributed by atoms with Crippen LogP contribution in [-0.2, 0) is 0 Å². The largest absolute Gasteiger partial charge is 0.316 e. The average Bonchev–Trinajstić information content (AvgIpc) is 2.18. The molecule has 3 atom stereocenters. The minimum absolute atomic E-state index is 0.820. The number of thioether (sulfide) groups is 1. The van der Waals surface area contributed by atoms with Gasteiger partial charge in [0.2, 0.25) is 0 Å². The van der Waals surface area contributed by atoms with Crippen molar-refractivity contribution in [2.24, 2.45) is 17.8 Å². The first-order valence-corrected chi connectivity index (χ1v) is 7.81. The second kappa shape index (κ2) is 7.56. The standard InChI is InChI=1S/C13H27NS/c1-11-5-4-6-13(7-11)9-14-8-12(2)10-15-3/h11-14H,4-10H2,1-3H3. The molecule has 90 valence electrons. The first kappa shape index (κ1) is 13.4. The van der Waals surface area contributed by atoms with Gasteiger partial charge in [-0.3, -0.25) is 0 Å². The zero-order chi connectivity index (χ0) is 11.1. The summed E-state index contributed by atoms with van der Waals surface area (Å²) in [4.78, 5) is 0. The highest BCUT2D eigenvalue weighted by atomic mass is 32.2. The van der Waals surface area contributed by atoms with Crippen LogP contribution in [0, 0.1) is 17.8 Å². The minimum Gasteiger partial charge on any atom is -0.316 e. The van der Waals surface area contributed by atoms with Crippen molar-refractivity contribution >= 4 is 11.8 Å². The van der Waals surface area contributed by atoms with E-state index in [4.69, 9.17) is 0 Å². The van der Waals surface area contributed by atoms with E-state index in [1.165, 1.54) is 44.5 Å². The molecule has 0 saturated heterocycles. The van der Waals surface area contributed by atoms with Crippen molar-refractivity contribution in [2.45, 2.75) is 39.5 Å². The predicted molar refractivity (Wildman–Crippen MR) is 71.5 cm³/mol. The van der Waals surface area contributed by atoms with Crippen LogP contribution < -0.4 is 5.32 Å². The summed E-state index contributed by atoms with van der Waals surface area (Å²) in [5, 5.41) is 3.65. The molecule has 0 aromatic heterocycles. The lowest BCUT2D eigenvalue weighted by Gasteiger charge is -2.27. The highest BCUT2D eigenvalue weighted by Gasteiger charge is 2.18. The fraction of sp³-hybridized carbons (Fsp3) is 1.00. The lowest BCUT2D eigenvalue weighted by molar-refractivity contribution is 0.272. The highest BCUT2D eigenvalue weighted by Crippen LogP contribution is 2.27. The van der Waals surface area contributed by atoms with Gasteiger partial charge in [-0.15, -0.1) is 0 Å². The Bertz CT molecular complexity index is 161. The molecule has 0 heterocycles.